The first kappa shape index (κ1) is 13.2. The van der Waals surface area contributed by atoms with Gasteiger partial charge in [-0.3, -0.25) is 0 Å². The highest BCUT2D eigenvalue weighted by atomic mass is 15.4. The van der Waals surface area contributed by atoms with Crippen LogP contribution in [0.1, 0.15) is 33.1 Å². The van der Waals surface area contributed by atoms with Gasteiger partial charge in [-0.1, -0.05) is 30.4 Å². The molecule has 0 amide bonds. The molecule has 0 fully saturated rings. The van der Waals surface area contributed by atoms with E-state index in [1.165, 1.54) is 17.6 Å². The van der Waals surface area contributed by atoms with Crippen molar-refractivity contribution in [3.8, 4) is 0 Å². The highest BCUT2D eigenvalue weighted by Gasteiger charge is 2.36. The van der Waals surface area contributed by atoms with Crippen LogP contribution in [0.3, 0.4) is 0 Å². The van der Waals surface area contributed by atoms with E-state index in [1.54, 1.807) is 0 Å². The minimum absolute atomic E-state index is 0.579. The van der Waals surface area contributed by atoms with E-state index in [1.807, 2.05) is 0 Å². The number of rotatable bonds is 4. The Hall–Kier alpha value is -0.820. The molecule has 0 radical (unpaired) electrons. The number of likely N-dealkylation sites (N-methyl/N-ethyl adjacent to an activating group) is 1. The third-order valence-corrected chi connectivity index (χ3v) is 3.70. The van der Waals surface area contributed by atoms with Gasteiger partial charge in [0.1, 0.15) is 6.04 Å². The van der Waals surface area contributed by atoms with Crippen molar-refractivity contribution < 1.29 is 4.48 Å². The Labute approximate surface area is 101 Å². The zero-order chi connectivity index (χ0) is 12.3. The number of hydrogen-bond acceptors (Lipinski definition) is 0. The average molecular weight is 220 g/mol. The zero-order valence-corrected chi connectivity index (χ0v) is 11.3. The van der Waals surface area contributed by atoms with Gasteiger partial charge in [0, 0.05) is 19.3 Å². The summed E-state index contributed by atoms with van der Waals surface area (Å²) in [4.78, 5) is 0. The molecular weight excluding hydrogens is 194 g/mol. The Morgan fingerprint density at radius 1 is 1.19 bits per heavy atom. The Morgan fingerprint density at radius 2 is 1.75 bits per heavy atom. The lowest BCUT2D eigenvalue weighted by molar-refractivity contribution is -0.933. The van der Waals surface area contributed by atoms with Crippen molar-refractivity contribution in [3.63, 3.8) is 0 Å². The molecule has 0 aromatic heterocycles. The maximum Gasteiger partial charge on any atom is 0.111 e. The molecule has 16 heavy (non-hydrogen) atoms. The molecule has 0 bridgehead atoms. The van der Waals surface area contributed by atoms with Crippen molar-refractivity contribution in [3.05, 3.63) is 36.5 Å². The molecule has 2 atom stereocenters. The number of quaternary nitrogens is 1. The van der Waals surface area contributed by atoms with Gasteiger partial charge in [-0.25, -0.2) is 0 Å². The van der Waals surface area contributed by atoms with Gasteiger partial charge in [0.15, 0.2) is 0 Å². The van der Waals surface area contributed by atoms with Crippen LogP contribution in [-0.4, -0.2) is 30.7 Å². The average Bonchev–Trinajstić information content (AvgIpc) is 2.11. The van der Waals surface area contributed by atoms with Crippen LogP contribution in [0.5, 0.6) is 0 Å². The second kappa shape index (κ2) is 5.01. The monoisotopic (exact) mass is 220 g/mol. The summed E-state index contributed by atoms with van der Waals surface area (Å²) in [5, 5.41) is 0. The minimum atomic E-state index is 0.579. The van der Waals surface area contributed by atoms with Crippen molar-refractivity contribution in [2.45, 2.75) is 45.2 Å². The molecule has 1 heterocycles. The largest absolute Gasteiger partial charge is 0.320 e. The van der Waals surface area contributed by atoms with Crippen molar-refractivity contribution in [1.82, 2.24) is 0 Å². The van der Waals surface area contributed by atoms with E-state index in [-0.39, 0.29) is 0 Å². The summed E-state index contributed by atoms with van der Waals surface area (Å²) >= 11 is 0. The second-order valence-electron chi connectivity index (χ2n) is 5.84. The topological polar surface area (TPSA) is 0 Å². The fraction of sp³-hybridized carbons (Fsp3) is 0.600. The lowest BCUT2D eigenvalue weighted by atomic mass is 9.92. The van der Waals surface area contributed by atoms with Crippen LogP contribution >= 0.6 is 0 Å². The molecule has 90 valence electrons. The van der Waals surface area contributed by atoms with Crippen LogP contribution in [0, 0.1) is 0 Å². The molecule has 0 aliphatic carbocycles. The second-order valence-corrected chi connectivity index (χ2v) is 5.84. The lowest BCUT2D eigenvalue weighted by Gasteiger charge is -2.45. The maximum absolute atomic E-state index is 4.05. The van der Waals surface area contributed by atoms with Crippen molar-refractivity contribution in [1.29, 1.82) is 0 Å². The summed E-state index contributed by atoms with van der Waals surface area (Å²) in [5.41, 5.74) is 2.57. The molecule has 0 unspecified atom stereocenters. The van der Waals surface area contributed by atoms with E-state index in [0.29, 0.717) is 12.1 Å². The number of hydrogen-bond donors (Lipinski definition) is 0. The molecule has 1 aliphatic rings. The van der Waals surface area contributed by atoms with E-state index >= 15 is 0 Å². The smallest absolute Gasteiger partial charge is 0.111 e. The van der Waals surface area contributed by atoms with E-state index in [4.69, 9.17) is 0 Å². The zero-order valence-electron chi connectivity index (χ0n) is 11.3. The summed E-state index contributed by atoms with van der Waals surface area (Å²) in [7, 11) is 4.68. The molecular formula is C15H26N+. The standard InChI is InChI=1S/C15H26N/c1-12(2)10-14-8-7-9-15(11-13(3)4)16(14,5)6/h7-8,14-15H,1,3,9-11H2,2,4-6H3/q+1/t14-,15-/m0/s1. The van der Waals surface area contributed by atoms with Crippen molar-refractivity contribution in [2.75, 3.05) is 14.1 Å². The molecule has 0 saturated carbocycles. The minimum Gasteiger partial charge on any atom is -0.320 e. The third kappa shape index (κ3) is 3.08. The summed E-state index contributed by atoms with van der Waals surface area (Å²) < 4.78 is 1.07. The Bertz CT molecular complexity index is 309. The molecule has 0 spiro atoms. The quantitative estimate of drug-likeness (QED) is 0.501. The molecule has 0 N–H and O–H groups in total. The predicted molar refractivity (Wildman–Crippen MR) is 72.3 cm³/mol. The van der Waals surface area contributed by atoms with Crippen LogP contribution in [-0.2, 0) is 0 Å². The fourth-order valence-corrected chi connectivity index (χ4v) is 2.54. The fourth-order valence-electron chi connectivity index (χ4n) is 2.54. The van der Waals surface area contributed by atoms with E-state index in [9.17, 15) is 0 Å². The summed E-state index contributed by atoms with van der Waals surface area (Å²) in [6.45, 7) is 12.3. The first-order valence-corrected chi connectivity index (χ1v) is 6.12. The molecule has 0 aromatic carbocycles. The predicted octanol–water partition coefficient (Wildman–Crippen LogP) is 3.69. The third-order valence-electron chi connectivity index (χ3n) is 3.70. The first-order chi connectivity index (χ1) is 7.34. The van der Waals surface area contributed by atoms with Gasteiger partial charge >= 0.3 is 0 Å². The van der Waals surface area contributed by atoms with Crippen LogP contribution in [0.15, 0.2) is 36.5 Å². The van der Waals surface area contributed by atoms with Crippen LogP contribution in [0.4, 0.5) is 0 Å². The highest BCUT2D eigenvalue weighted by Crippen LogP contribution is 2.29. The van der Waals surface area contributed by atoms with Crippen LogP contribution < -0.4 is 0 Å². The summed E-state index contributed by atoms with van der Waals surface area (Å²) in [5.74, 6) is 0. The molecule has 0 saturated heterocycles. The van der Waals surface area contributed by atoms with Gasteiger partial charge in [0.2, 0.25) is 0 Å². The Balaban J connectivity index is 2.81. The molecule has 1 nitrogen and oxygen atoms in total. The van der Waals surface area contributed by atoms with Gasteiger partial charge in [0.25, 0.3) is 0 Å². The Kier molecular flexibility index (Phi) is 4.15. The van der Waals surface area contributed by atoms with Gasteiger partial charge in [-0.2, -0.15) is 0 Å². The van der Waals surface area contributed by atoms with Gasteiger partial charge < -0.3 is 4.48 Å². The normalized spacial score (nSPS) is 27.8. The van der Waals surface area contributed by atoms with Gasteiger partial charge in [0.05, 0.1) is 20.1 Å². The molecule has 1 rings (SSSR count). The molecule has 1 aliphatic heterocycles. The molecule has 0 aromatic rings. The summed E-state index contributed by atoms with van der Waals surface area (Å²) in [6, 6.07) is 1.25. The Morgan fingerprint density at radius 3 is 2.25 bits per heavy atom. The van der Waals surface area contributed by atoms with E-state index in [0.717, 1.165) is 17.3 Å². The van der Waals surface area contributed by atoms with Crippen molar-refractivity contribution in [2.24, 2.45) is 0 Å². The highest BCUT2D eigenvalue weighted by molar-refractivity contribution is 5.05. The molecule has 1 heteroatoms. The van der Waals surface area contributed by atoms with E-state index in [2.05, 4.69) is 53.3 Å². The van der Waals surface area contributed by atoms with Gasteiger partial charge in [-0.05, 0) is 19.9 Å². The van der Waals surface area contributed by atoms with Crippen LogP contribution in [0.25, 0.3) is 0 Å². The van der Waals surface area contributed by atoms with Crippen molar-refractivity contribution >= 4 is 0 Å². The number of nitrogens with zero attached hydrogens (tertiary/aromatic N) is 1. The lowest BCUT2D eigenvalue weighted by Crippen LogP contribution is -2.56. The van der Waals surface area contributed by atoms with Crippen LogP contribution in [0.2, 0.25) is 0 Å². The maximum atomic E-state index is 4.05. The SMILES string of the molecule is C=C(C)C[C@@H]1CC=C[C@@H](CC(=C)C)[N+]1(C)C. The van der Waals surface area contributed by atoms with Gasteiger partial charge in [-0.15, -0.1) is 0 Å². The summed E-state index contributed by atoms with van der Waals surface area (Å²) in [6.07, 6.45) is 8.10. The first-order valence-electron chi connectivity index (χ1n) is 6.12. The van der Waals surface area contributed by atoms with E-state index < -0.39 is 0 Å².